The Balaban J connectivity index is 0.773. The highest BCUT2D eigenvalue weighted by Gasteiger charge is 2.50. The number of imide groups is 2. The van der Waals surface area contributed by atoms with Crippen molar-refractivity contribution < 1.29 is 37.1 Å². The molecule has 5 saturated heterocycles. The zero-order valence-corrected chi connectivity index (χ0v) is 31.8. The third-order valence-corrected chi connectivity index (χ3v) is 12.8. The number of nitrogens with one attached hydrogen (secondary N) is 2. The lowest BCUT2D eigenvalue weighted by atomic mass is 9.98. The summed E-state index contributed by atoms with van der Waals surface area (Å²) in [4.78, 5) is 74.5. The van der Waals surface area contributed by atoms with Crippen LogP contribution in [0.15, 0.2) is 48.8 Å². The number of piperazine rings is 1. The van der Waals surface area contributed by atoms with E-state index >= 15 is 0 Å². The number of rotatable bonds is 8. The number of nitrogens with zero attached hydrogens (tertiary/aromatic N) is 8. The van der Waals surface area contributed by atoms with Gasteiger partial charge >= 0.3 is 6.18 Å². The summed E-state index contributed by atoms with van der Waals surface area (Å²) < 4.78 is 42.0. The van der Waals surface area contributed by atoms with Crippen molar-refractivity contribution in [3.63, 3.8) is 0 Å². The predicted molar refractivity (Wildman–Crippen MR) is 202 cm³/mol. The molecule has 302 valence electrons. The van der Waals surface area contributed by atoms with Crippen molar-refractivity contribution in [3.05, 3.63) is 71.0 Å². The molecule has 18 heteroatoms. The van der Waals surface area contributed by atoms with Crippen molar-refractivity contribution in [1.29, 1.82) is 5.26 Å². The quantitative estimate of drug-likeness (QED) is 0.322. The number of fused-ring (bicyclic) bond motifs is 3. The molecule has 2 bridgehead atoms. The molecule has 5 amide bonds. The summed E-state index contributed by atoms with van der Waals surface area (Å²) in [7, 11) is 0. The molecule has 9 rings (SSSR count). The molecule has 7 heterocycles. The smallest absolute Gasteiger partial charge is 0.368 e. The van der Waals surface area contributed by atoms with E-state index in [1.165, 1.54) is 10.7 Å². The van der Waals surface area contributed by atoms with Crippen LogP contribution in [0.4, 0.5) is 30.2 Å². The molecule has 3 aromatic rings. The Labute approximate surface area is 331 Å². The maximum atomic E-state index is 13.5. The first kappa shape index (κ1) is 37.8. The molecule has 5 fully saturated rings. The molecule has 1 aromatic heterocycles. The van der Waals surface area contributed by atoms with E-state index in [-0.39, 0.29) is 29.7 Å². The fourth-order valence-electron chi connectivity index (χ4n) is 9.39. The Kier molecular flexibility index (Phi) is 8.89. The van der Waals surface area contributed by atoms with Crippen LogP contribution in [0.3, 0.4) is 0 Å². The van der Waals surface area contributed by atoms with Crippen molar-refractivity contribution in [3.8, 4) is 6.07 Å². The highest BCUT2D eigenvalue weighted by molar-refractivity contribution is 6.23. The van der Waals surface area contributed by atoms with E-state index in [1.807, 2.05) is 6.07 Å². The Bertz CT molecular complexity index is 2280. The molecular weight excluding hydrogens is 757 g/mol. The van der Waals surface area contributed by atoms with Crippen molar-refractivity contribution in [1.82, 2.24) is 29.8 Å². The number of benzene rings is 2. The van der Waals surface area contributed by atoms with Gasteiger partial charge in [0.1, 0.15) is 11.6 Å². The van der Waals surface area contributed by atoms with Crippen LogP contribution < -0.4 is 20.4 Å². The maximum Gasteiger partial charge on any atom is 0.417 e. The summed E-state index contributed by atoms with van der Waals surface area (Å²) in [6, 6.07) is 10.5. The minimum Gasteiger partial charge on any atom is -0.368 e. The number of alkyl halides is 3. The van der Waals surface area contributed by atoms with E-state index in [0.29, 0.717) is 24.2 Å². The average Bonchev–Trinajstić information content (AvgIpc) is 3.79. The van der Waals surface area contributed by atoms with Crippen molar-refractivity contribution >= 4 is 46.6 Å². The third-order valence-electron chi connectivity index (χ3n) is 12.8. The molecule has 0 aliphatic carbocycles. The second-order valence-electron chi connectivity index (χ2n) is 16.6. The SMILES string of the molecule is CC(C)(C(=O)Nc1ccc(C#N)c(C(F)(F)F)c1)n1cc(N2CC(N3CC4CCC(C3)N4C3CN(c4ccc5c(c4)C(=O)N(C4CCC(=O)NC4=O)C5=O)C3)C2)cn1. The average molecular weight is 799 g/mol. The van der Waals surface area contributed by atoms with Gasteiger partial charge < -0.3 is 15.1 Å². The lowest BCUT2D eigenvalue weighted by Gasteiger charge is -2.55. The molecule has 2 N–H and O–H groups in total. The van der Waals surface area contributed by atoms with Crippen LogP contribution in [-0.4, -0.2) is 123 Å². The molecule has 0 saturated carbocycles. The lowest BCUT2D eigenvalue weighted by Crippen LogP contribution is -2.70. The molecule has 58 heavy (non-hydrogen) atoms. The van der Waals surface area contributed by atoms with Gasteiger partial charge in [0.15, 0.2) is 0 Å². The number of halogens is 3. The van der Waals surface area contributed by atoms with E-state index in [9.17, 15) is 37.1 Å². The van der Waals surface area contributed by atoms with E-state index in [0.717, 1.165) is 80.5 Å². The minimum atomic E-state index is -4.74. The van der Waals surface area contributed by atoms with Gasteiger partial charge in [-0.25, -0.2) is 0 Å². The Morgan fingerprint density at radius 1 is 0.845 bits per heavy atom. The molecule has 6 aliphatic heterocycles. The molecule has 2 aromatic carbocycles. The number of likely N-dealkylation sites (tertiary alicyclic amines) is 1. The minimum absolute atomic E-state index is 0.0665. The number of anilines is 3. The number of amides is 5. The first-order valence-electron chi connectivity index (χ1n) is 19.5. The second-order valence-corrected chi connectivity index (χ2v) is 16.6. The summed E-state index contributed by atoms with van der Waals surface area (Å²) >= 11 is 0. The fraction of sp³-hybridized carbons (Fsp3) is 0.475. The summed E-state index contributed by atoms with van der Waals surface area (Å²) in [6.07, 6.45) is 1.18. The number of hydrogen-bond donors (Lipinski definition) is 2. The standard InChI is InChI=1S/C40H41F3N10O5/c1-39(2,38(58)46-23-4-3-22(13-44)32(11-23)40(41,42)43)51-21-27(14-45-51)49-17-28(18-49)50-15-25-5-6-26(16-50)52(25)29-19-48(20-29)24-7-8-30-31(12-24)37(57)53(36(30)56)33-9-10-34(54)47-35(33)55/h3-4,7-8,11-12,14,21,25-26,28-29,33H,5-6,9-10,15-20H2,1-2H3,(H,46,58)(H,47,54,55). The van der Waals surface area contributed by atoms with Crippen LogP contribution in [0.2, 0.25) is 0 Å². The highest BCUT2D eigenvalue weighted by Crippen LogP contribution is 2.40. The molecule has 6 aliphatic rings. The van der Waals surface area contributed by atoms with Gasteiger partial charge in [-0.15, -0.1) is 0 Å². The van der Waals surface area contributed by atoms with Crippen LogP contribution in [0.5, 0.6) is 0 Å². The number of carbonyl (C=O) groups excluding carboxylic acids is 5. The Morgan fingerprint density at radius 3 is 2.19 bits per heavy atom. The normalized spacial score (nSPS) is 24.4. The van der Waals surface area contributed by atoms with E-state index in [4.69, 9.17) is 5.26 Å². The number of nitriles is 1. The van der Waals surface area contributed by atoms with Gasteiger partial charge in [-0.3, -0.25) is 48.7 Å². The summed E-state index contributed by atoms with van der Waals surface area (Å²) in [6.45, 7) is 8.43. The third kappa shape index (κ3) is 6.27. The van der Waals surface area contributed by atoms with Crippen LogP contribution >= 0.6 is 0 Å². The van der Waals surface area contributed by atoms with Crippen LogP contribution in [0, 0.1) is 11.3 Å². The largest absolute Gasteiger partial charge is 0.417 e. The summed E-state index contributed by atoms with van der Waals surface area (Å²) in [5.41, 5.74) is -0.655. The van der Waals surface area contributed by atoms with Crippen molar-refractivity contribution in [2.45, 2.75) is 81.5 Å². The Hall–Kier alpha value is -5.80. The van der Waals surface area contributed by atoms with Gasteiger partial charge in [-0.2, -0.15) is 23.5 Å². The Morgan fingerprint density at radius 2 is 1.52 bits per heavy atom. The first-order chi connectivity index (χ1) is 27.6. The van der Waals surface area contributed by atoms with Crippen molar-refractivity contribution in [2.24, 2.45) is 0 Å². The molecule has 15 nitrogen and oxygen atoms in total. The number of piperidine rings is 1. The monoisotopic (exact) mass is 798 g/mol. The van der Waals surface area contributed by atoms with E-state index < -0.39 is 58.4 Å². The molecular formula is C40H41F3N10O5. The van der Waals surface area contributed by atoms with Gasteiger partial charge in [0.05, 0.1) is 40.2 Å². The maximum absolute atomic E-state index is 13.5. The van der Waals surface area contributed by atoms with E-state index in [1.54, 1.807) is 44.4 Å². The molecule has 3 atom stereocenters. The zero-order chi connectivity index (χ0) is 40.8. The predicted octanol–water partition coefficient (Wildman–Crippen LogP) is 2.77. The number of carbonyl (C=O) groups is 5. The second kappa shape index (κ2) is 13.7. The van der Waals surface area contributed by atoms with Crippen LogP contribution in [0.1, 0.15) is 71.4 Å². The number of aromatic nitrogens is 2. The number of hydrogen-bond acceptors (Lipinski definition) is 11. The lowest BCUT2D eigenvalue weighted by molar-refractivity contribution is -0.138. The van der Waals surface area contributed by atoms with E-state index in [2.05, 4.69) is 35.3 Å². The van der Waals surface area contributed by atoms with Gasteiger partial charge in [-0.1, -0.05) is 0 Å². The summed E-state index contributed by atoms with van der Waals surface area (Å²) in [5.74, 6) is -2.61. The fourth-order valence-corrected chi connectivity index (χ4v) is 9.39. The van der Waals surface area contributed by atoms with Gasteiger partial charge in [0, 0.05) is 87.4 Å². The topological polar surface area (TPSA) is 167 Å². The summed E-state index contributed by atoms with van der Waals surface area (Å²) in [5, 5.41) is 18.3. The van der Waals surface area contributed by atoms with Crippen molar-refractivity contribution in [2.75, 3.05) is 54.4 Å². The van der Waals surface area contributed by atoms with Gasteiger partial charge in [-0.05, 0) is 69.5 Å². The van der Waals surface area contributed by atoms with Crippen LogP contribution in [0.25, 0.3) is 0 Å². The first-order valence-corrected chi connectivity index (χ1v) is 19.5. The van der Waals surface area contributed by atoms with Crippen LogP contribution in [-0.2, 0) is 26.1 Å². The molecule has 0 spiro atoms. The van der Waals surface area contributed by atoms with Gasteiger partial charge in [0.25, 0.3) is 17.7 Å². The molecule has 0 radical (unpaired) electrons. The highest BCUT2D eigenvalue weighted by atomic mass is 19.4. The van der Waals surface area contributed by atoms with Gasteiger partial charge in [0.2, 0.25) is 11.8 Å². The zero-order valence-electron chi connectivity index (χ0n) is 31.8. The molecule has 3 unspecified atom stereocenters.